The van der Waals surface area contributed by atoms with E-state index in [2.05, 4.69) is 0 Å². The van der Waals surface area contributed by atoms with Crippen LogP contribution in [-0.2, 0) is 16.1 Å². The standard InChI is InChI=1S/C11H16BFO4/c1-8(6-16-2)17-7-9-3-4-10(12(14)15)5-11(9)13/h3-5,8,14-15H,6-7H2,1-2H3. The zero-order chi connectivity index (χ0) is 12.8. The van der Waals surface area contributed by atoms with E-state index in [0.29, 0.717) is 12.2 Å². The minimum absolute atomic E-state index is 0.121. The molecule has 6 heteroatoms. The maximum Gasteiger partial charge on any atom is 0.488 e. The number of hydrogen-bond donors (Lipinski definition) is 2. The Balaban J connectivity index is 2.60. The van der Waals surface area contributed by atoms with Gasteiger partial charge in [0.2, 0.25) is 0 Å². The predicted molar refractivity (Wildman–Crippen MR) is 62.4 cm³/mol. The van der Waals surface area contributed by atoms with Crippen LogP contribution in [0.3, 0.4) is 0 Å². The molecule has 0 saturated heterocycles. The molecule has 0 aliphatic rings. The number of halogens is 1. The van der Waals surface area contributed by atoms with E-state index >= 15 is 0 Å². The van der Waals surface area contributed by atoms with Gasteiger partial charge < -0.3 is 19.5 Å². The fraction of sp³-hybridized carbons (Fsp3) is 0.455. The summed E-state index contributed by atoms with van der Waals surface area (Å²) < 4.78 is 23.8. The summed E-state index contributed by atoms with van der Waals surface area (Å²) in [6, 6.07) is 4.02. The molecule has 94 valence electrons. The highest BCUT2D eigenvalue weighted by Crippen LogP contribution is 2.08. The van der Waals surface area contributed by atoms with Crippen LogP contribution >= 0.6 is 0 Å². The molecule has 0 amide bonds. The minimum atomic E-state index is -1.66. The van der Waals surface area contributed by atoms with Gasteiger partial charge in [-0.05, 0) is 18.5 Å². The van der Waals surface area contributed by atoms with Gasteiger partial charge in [-0.2, -0.15) is 0 Å². The van der Waals surface area contributed by atoms with E-state index in [9.17, 15) is 4.39 Å². The number of benzene rings is 1. The lowest BCUT2D eigenvalue weighted by atomic mass is 9.80. The van der Waals surface area contributed by atoms with Crippen LogP contribution in [0.4, 0.5) is 4.39 Å². The van der Waals surface area contributed by atoms with Crippen LogP contribution in [0.25, 0.3) is 0 Å². The monoisotopic (exact) mass is 242 g/mol. The second-order valence-electron chi connectivity index (χ2n) is 3.80. The summed E-state index contributed by atoms with van der Waals surface area (Å²) in [6.45, 7) is 2.39. The summed E-state index contributed by atoms with van der Waals surface area (Å²) >= 11 is 0. The molecule has 0 fully saturated rings. The quantitative estimate of drug-likeness (QED) is 0.692. The molecule has 0 heterocycles. The Labute approximate surface area is 100 Å². The van der Waals surface area contributed by atoms with Crippen molar-refractivity contribution in [2.45, 2.75) is 19.6 Å². The summed E-state index contributed by atoms with van der Waals surface area (Å²) in [5.74, 6) is -0.514. The number of rotatable bonds is 6. The number of methoxy groups -OCH3 is 1. The third kappa shape index (κ3) is 4.43. The van der Waals surface area contributed by atoms with Crippen LogP contribution in [0.5, 0.6) is 0 Å². The van der Waals surface area contributed by atoms with Gasteiger partial charge in [0, 0.05) is 12.7 Å². The van der Waals surface area contributed by atoms with Gasteiger partial charge in [0.15, 0.2) is 0 Å². The van der Waals surface area contributed by atoms with Crippen LogP contribution in [0, 0.1) is 5.82 Å². The highest BCUT2D eigenvalue weighted by molar-refractivity contribution is 6.58. The molecule has 1 atom stereocenters. The van der Waals surface area contributed by atoms with E-state index in [4.69, 9.17) is 19.5 Å². The SMILES string of the molecule is COCC(C)OCc1ccc(B(O)O)cc1F. The Morgan fingerprint density at radius 3 is 2.65 bits per heavy atom. The second kappa shape index (κ2) is 6.71. The highest BCUT2D eigenvalue weighted by Gasteiger charge is 2.14. The summed E-state index contributed by atoms with van der Waals surface area (Å²) in [7, 11) is -0.0930. The summed E-state index contributed by atoms with van der Waals surface area (Å²) in [4.78, 5) is 0. The van der Waals surface area contributed by atoms with E-state index in [1.165, 1.54) is 12.1 Å². The molecular weight excluding hydrogens is 226 g/mol. The van der Waals surface area contributed by atoms with Crippen LogP contribution in [0.2, 0.25) is 0 Å². The average Bonchev–Trinajstić information content (AvgIpc) is 2.27. The van der Waals surface area contributed by atoms with Crippen molar-refractivity contribution in [3.05, 3.63) is 29.6 Å². The van der Waals surface area contributed by atoms with Gasteiger partial charge in [-0.3, -0.25) is 0 Å². The maximum absolute atomic E-state index is 13.5. The van der Waals surface area contributed by atoms with E-state index in [1.807, 2.05) is 6.92 Å². The van der Waals surface area contributed by atoms with Gasteiger partial charge >= 0.3 is 7.12 Å². The first-order valence-electron chi connectivity index (χ1n) is 5.29. The van der Waals surface area contributed by atoms with Crippen molar-refractivity contribution in [3.8, 4) is 0 Å². The van der Waals surface area contributed by atoms with Crippen molar-refractivity contribution in [2.75, 3.05) is 13.7 Å². The molecular formula is C11H16BFO4. The molecule has 17 heavy (non-hydrogen) atoms. The van der Waals surface area contributed by atoms with E-state index in [1.54, 1.807) is 7.11 Å². The van der Waals surface area contributed by atoms with Gasteiger partial charge in [-0.1, -0.05) is 12.1 Å². The third-order valence-electron chi connectivity index (χ3n) is 2.30. The van der Waals surface area contributed by atoms with Crippen molar-refractivity contribution >= 4 is 12.6 Å². The zero-order valence-electron chi connectivity index (χ0n) is 9.89. The molecule has 1 unspecified atom stereocenters. The fourth-order valence-corrected chi connectivity index (χ4v) is 1.36. The Kier molecular flexibility index (Phi) is 5.57. The molecule has 0 aliphatic heterocycles. The summed E-state index contributed by atoms with van der Waals surface area (Å²) in [5.41, 5.74) is 0.494. The Hall–Kier alpha value is -0.945. The molecule has 0 radical (unpaired) electrons. The smallest absolute Gasteiger partial charge is 0.423 e. The first-order chi connectivity index (χ1) is 8.04. The molecule has 4 nitrogen and oxygen atoms in total. The van der Waals surface area contributed by atoms with Crippen molar-refractivity contribution in [2.24, 2.45) is 0 Å². The number of hydrogen-bond acceptors (Lipinski definition) is 4. The minimum Gasteiger partial charge on any atom is -0.423 e. The van der Waals surface area contributed by atoms with E-state index < -0.39 is 12.9 Å². The van der Waals surface area contributed by atoms with Gasteiger partial charge in [0.25, 0.3) is 0 Å². The Morgan fingerprint density at radius 2 is 2.12 bits per heavy atom. The summed E-state index contributed by atoms with van der Waals surface area (Å²) in [5, 5.41) is 17.7. The zero-order valence-corrected chi connectivity index (χ0v) is 9.89. The third-order valence-corrected chi connectivity index (χ3v) is 2.30. The van der Waals surface area contributed by atoms with Crippen LogP contribution < -0.4 is 5.46 Å². The second-order valence-corrected chi connectivity index (χ2v) is 3.80. The first-order valence-corrected chi connectivity index (χ1v) is 5.29. The summed E-state index contributed by atoms with van der Waals surface area (Å²) in [6.07, 6.45) is -0.123. The van der Waals surface area contributed by atoms with Crippen LogP contribution in [0.15, 0.2) is 18.2 Å². The topological polar surface area (TPSA) is 58.9 Å². The fourth-order valence-electron chi connectivity index (χ4n) is 1.36. The molecule has 2 N–H and O–H groups in total. The molecule has 0 aromatic heterocycles. The van der Waals surface area contributed by atoms with Crippen LogP contribution in [-0.4, -0.2) is 37.0 Å². The molecule has 0 aliphatic carbocycles. The van der Waals surface area contributed by atoms with Crippen molar-refractivity contribution in [1.82, 2.24) is 0 Å². The lowest BCUT2D eigenvalue weighted by Crippen LogP contribution is -2.30. The van der Waals surface area contributed by atoms with Crippen molar-refractivity contribution in [3.63, 3.8) is 0 Å². The Bertz CT molecular complexity index is 359. The van der Waals surface area contributed by atoms with E-state index in [-0.39, 0.29) is 18.2 Å². The first kappa shape index (κ1) is 14.1. The van der Waals surface area contributed by atoms with Gasteiger partial charge in [0.1, 0.15) is 5.82 Å². The molecule has 0 saturated carbocycles. The predicted octanol–water partition coefficient (Wildman–Crippen LogP) is 0.0570. The van der Waals surface area contributed by atoms with Crippen molar-refractivity contribution < 1.29 is 23.9 Å². The van der Waals surface area contributed by atoms with Gasteiger partial charge in [-0.25, -0.2) is 4.39 Å². The largest absolute Gasteiger partial charge is 0.488 e. The molecule has 0 bridgehead atoms. The number of ether oxygens (including phenoxy) is 2. The van der Waals surface area contributed by atoms with Gasteiger partial charge in [-0.15, -0.1) is 0 Å². The lowest BCUT2D eigenvalue weighted by Gasteiger charge is -2.12. The molecule has 0 spiro atoms. The molecule has 1 rings (SSSR count). The van der Waals surface area contributed by atoms with Crippen LogP contribution in [0.1, 0.15) is 12.5 Å². The molecule has 1 aromatic carbocycles. The lowest BCUT2D eigenvalue weighted by molar-refractivity contribution is -0.00109. The maximum atomic E-state index is 13.5. The average molecular weight is 242 g/mol. The Morgan fingerprint density at radius 1 is 1.41 bits per heavy atom. The highest BCUT2D eigenvalue weighted by atomic mass is 19.1. The van der Waals surface area contributed by atoms with E-state index in [0.717, 1.165) is 6.07 Å². The van der Waals surface area contributed by atoms with Crippen molar-refractivity contribution in [1.29, 1.82) is 0 Å². The van der Waals surface area contributed by atoms with Gasteiger partial charge in [0.05, 0.1) is 19.3 Å². The normalized spacial score (nSPS) is 12.5. The molecule has 1 aromatic rings.